The maximum atomic E-state index is 11.0. The Morgan fingerprint density at radius 1 is 1.37 bits per heavy atom. The van der Waals surface area contributed by atoms with Crippen LogP contribution in [-0.2, 0) is 0 Å². The number of hydrogen-bond donors (Lipinski definition) is 1. The number of nitro groups is 1. The third-order valence-corrected chi connectivity index (χ3v) is 4.90. The molecule has 2 rings (SSSR count). The van der Waals surface area contributed by atoms with Crippen molar-refractivity contribution < 1.29 is 4.92 Å². The molecule has 1 N–H and O–H groups in total. The normalized spacial score (nSPS) is 23.1. The molecule has 1 aromatic carbocycles. The van der Waals surface area contributed by atoms with Gasteiger partial charge in [0.15, 0.2) is 0 Å². The number of benzene rings is 1. The van der Waals surface area contributed by atoms with E-state index in [2.05, 4.69) is 11.6 Å². The average Bonchev–Trinajstić information content (AvgIpc) is 2.39. The summed E-state index contributed by atoms with van der Waals surface area (Å²) in [6, 6.07) is 4.95. The van der Waals surface area contributed by atoms with E-state index in [4.69, 9.17) is 11.6 Å². The highest BCUT2D eigenvalue weighted by Crippen LogP contribution is 2.32. The fourth-order valence-electron chi connectivity index (χ4n) is 2.45. The number of nitro benzene ring substituents is 1. The molecule has 0 radical (unpaired) electrons. The van der Waals surface area contributed by atoms with E-state index in [1.807, 2.05) is 11.8 Å². The largest absolute Gasteiger partial charge is 0.377 e. The maximum Gasteiger partial charge on any atom is 0.292 e. The van der Waals surface area contributed by atoms with Gasteiger partial charge in [-0.1, -0.05) is 11.6 Å². The number of thioether (sulfide) groups is 1. The summed E-state index contributed by atoms with van der Waals surface area (Å²) >= 11 is 7.83. The zero-order chi connectivity index (χ0) is 13.8. The standard InChI is InChI=1S/C13H17ClN2O2S/c1-19-11-5-3-10(4-6-11)15-12-8-9(14)2-7-13(12)16(17)18/h2,7-8,10-11,15H,3-6H2,1H3. The van der Waals surface area contributed by atoms with Gasteiger partial charge in [-0.3, -0.25) is 10.1 Å². The monoisotopic (exact) mass is 300 g/mol. The maximum absolute atomic E-state index is 11.0. The number of rotatable bonds is 4. The van der Waals surface area contributed by atoms with Crippen molar-refractivity contribution in [1.82, 2.24) is 0 Å². The van der Waals surface area contributed by atoms with Crippen molar-refractivity contribution in [3.8, 4) is 0 Å². The lowest BCUT2D eigenvalue weighted by Crippen LogP contribution is -2.27. The van der Waals surface area contributed by atoms with E-state index < -0.39 is 0 Å². The molecule has 6 heteroatoms. The summed E-state index contributed by atoms with van der Waals surface area (Å²) in [4.78, 5) is 10.6. The summed E-state index contributed by atoms with van der Waals surface area (Å²) in [7, 11) is 0. The molecule has 0 spiro atoms. The van der Waals surface area contributed by atoms with Crippen LogP contribution in [0, 0.1) is 10.1 Å². The quantitative estimate of drug-likeness (QED) is 0.664. The summed E-state index contributed by atoms with van der Waals surface area (Å²) < 4.78 is 0. The Hall–Kier alpha value is -0.940. The van der Waals surface area contributed by atoms with Gasteiger partial charge >= 0.3 is 0 Å². The summed E-state index contributed by atoms with van der Waals surface area (Å²) in [6.45, 7) is 0. The fourth-order valence-corrected chi connectivity index (χ4v) is 3.36. The molecule has 0 amide bonds. The summed E-state index contributed by atoms with van der Waals surface area (Å²) in [5.74, 6) is 0. The molecule has 0 bridgehead atoms. The second-order valence-corrected chi connectivity index (χ2v) is 6.35. The van der Waals surface area contributed by atoms with Crippen LogP contribution in [0.4, 0.5) is 11.4 Å². The van der Waals surface area contributed by atoms with Crippen LogP contribution in [0.25, 0.3) is 0 Å². The number of nitrogens with zero attached hydrogens (tertiary/aromatic N) is 1. The van der Waals surface area contributed by atoms with Crippen molar-refractivity contribution in [3.63, 3.8) is 0 Å². The van der Waals surface area contributed by atoms with Crippen LogP contribution in [0.15, 0.2) is 18.2 Å². The van der Waals surface area contributed by atoms with Gasteiger partial charge in [0.1, 0.15) is 5.69 Å². The smallest absolute Gasteiger partial charge is 0.292 e. The Morgan fingerprint density at radius 3 is 2.63 bits per heavy atom. The van der Waals surface area contributed by atoms with Crippen LogP contribution in [-0.4, -0.2) is 22.5 Å². The number of anilines is 1. The van der Waals surface area contributed by atoms with Gasteiger partial charge in [-0.2, -0.15) is 11.8 Å². The van der Waals surface area contributed by atoms with Gasteiger partial charge in [0.25, 0.3) is 5.69 Å². The summed E-state index contributed by atoms with van der Waals surface area (Å²) in [6.07, 6.45) is 6.56. The van der Waals surface area contributed by atoms with E-state index in [-0.39, 0.29) is 10.6 Å². The van der Waals surface area contributed by atoms with Gasteiger partial charge in [-0.05, 0) is 44.1 Å². The topological polar surface area (TPSA) is 55.2 Å². The van der Waals surface area contributed by atoms with Crippen LogP contribution in [0.1, 0.15) is 25.7 Å². The van der Waals surface area contributed by atoms with Gasteiger partial charge < -0.3 is 5.32 Å². The SMILES string of the molecule is CSC1CCC(Nc2cc(Cl)ccc2[N+](=O)[O-])CC1. The van der Waals surface area contributed by atoms with Crippen LogP contribution < -0.4 is 5.32 Å². The Bertz CT molecular complexity index is 462. The Morgan fingerprint density at radius 2 is 2.05 bits per heavy atom. The molecule has 1 saturated carbocycles. The number of hydrogen-bond acceptors (Lipinski definition) is 4. The van der Waals surface area contributed by atoms with Gasteiger partial charge in [-0.15, -0.1) is 0 Å². The lowest BCUT2D eigenvalue weighted by atomic mass is 9.94. The van der Waals surface area contributed by atoms with Crippen LogP contribution in [0.5, 0.6) is 0 Å². The van der Waals surface area contributed by atoms with Gasteiger partial charge in [0, 0.05) is 22.4 Å². The van der Waals surface area contributed by atoms with E-state index in [1.54, 1.807) is 12.1 Å². The highest BCUT2D eigenvalue weighted by Gasteiger charge is 2.23. The molecular formula is C13H17ClN2O2S. The van der Waals surface area contributed by atoms with E-state index in [0.717, 1.165) is 30.9 Å². The second kappa shape index (κ2) is 6.48. The Balaban J connectivity index is 2.06. The van der Waals surface area contributed by atoms with E-state index in [9.17, 15) is 10.1 Å². The average molecular weight is 301 g/mol. The predicted octanol–water partition coefficient (Wildman–Crippen LogP) is 4.33. The molecule has 4 nitrogen and oxygen atoms in total. The summed E-state index contributed by atoms with van der Waals surface area (Å²) in [5.41, 5.74) is 0.626. The van der Waals surface area contributed by atoms with E-state index in [1.165, 1.54) is 6.07 Å². The molecule has 1 aromatic rings. The third-order valence-electron chi connectivity index (χ3n) is 3.52. The zero-order valence-corrected chi connectivity index (χ0v) is 12.3. The minimum absolute atomic E-state index is 0.0939. The minimum Gasteiger partial charge on any atom is -0.377 e. The molecule has 19 heavy (non-hydrogen) atoms. The molecule has 0 aromatic heterocycles. The Kier molecular flexibility index (Phi) is 4.93. The van der Waals surface area contributed by atoms with Crippen molar-refractivity contribution in [3.05, 3.63) is 33.3 Å². The van der Waals surface area contributed by atoms with Gasteiger partial charge in [-0.25, -0.2) is 0 Å². The zero-order valence-electron chi connectivity index (χ0n) is 10.8. The first-order chi connectivity index (χ1) is 9.10. The number of halogens is 1. The second-order valence-electron chi connectivity index (χ2n) is 4.77. The van der Waals surface area contributed by atoms with Crippen molar-refractivity contribution in [1.29, 1.82) is 0 Å². The lowest BCUT2D eigenvalue weighted by Gasteiger charge is -2.28. The van der Waals surface area contributed by atoms with Crippen LogP contribution in [0.3, 0.4) is 0 Å². The minimum atomic E-state index is -0.369. The molecule has 104 valence electrons. The van der Waals surface area contributed by atoms with Gasteiger partial charge in [0.05, 0.1) is 4.92 Å². The van der Waals surface area contributed by atoms with Crippen LogP contribution in [0.2, 0.25) is 5.02 Å². The van der Waals surface area contributed by atoms with Crippen molar-refractivity contribution in [2.24, 2.45) is 0 Å². The fraction of sp³-hybridized carbons (Fsp3) is 0.538. The first-order valence-electron chi connectivity index (χ1n) is 6.33. The highest BCUT2D eigenvalue weighted by molar-refractivity contribution is 7.99. The molecule has 0 saturated heterocycles. The van der Waals surface area contributed by atoms with Crippen molar-refractivity contribution >= 4 is 34.7 Å². The molecular weight excluding hydrogens is 284 g/mol. The predicted molar refractivity (Wildman–Crippen MR) is 81.3 cm³/mol. The molecule has 0 heterocycles. The molecule has 0 unspecified atom stereocenters. The van der Waals surface area contributed by atoms with Crippen LogP contribution >= 0.6 is 23.4 Å². The lowest BCUT2D eigenvalue weighted by molar-refractivity contribution is -0.384. The van der Waals surface area contributed by atoms with Crippen molar-refractivity contribution in [2.45, 2.75) is 37.0 Å². The summed E-state index contributed by atoms with van der Waals surface area (Å²) in [5, 5.41) is 15.5. The number of nitrogens with one attached hydrogen (secondary N) is 1. The molecule has 0 aliphatic heterocycles. The van der Waals surface area contributed by atoms with Gasteiger partial charge in [0.2, 0.25) is 0 Å². The molecule has 1 aliphatic carbocycles. The molecule has 1 fully saturated rings. The van der Waals surface area contributed by atoms with Crippen molar-refractivity contribution in [2.75, 3.05) is 11.6 Å². The highest BCUT2D eigenvalue weighted by atomic mass is 35.5. The first-order valence-corrected chi connectivity index (χ1v) is 8.00. The first kappa shape index (κ1) is 14.5. The molecule has 1 aliphatic rings. The third kappa shape index (κ3) is 3.76. The Labute approximate surface area is 122 Å². The molecule has 0 atom stereocenters. The van der Waals surface area contributed by atoms with E-state index >= 15 is 0 Å². The van der Waals surface area contributed by atoms with E-state index in [0.29, 0.717) is 16.8 Å².